The van der Waals surface area contributed by atoms with E-state index in [0.717, 1.165) is 5.56 Å². The molecule has 14 heavy (non-hydrogen) atoms. The van der Waals surface area contributed by atoms with Gasteiger partial charge in [-0.2, -0.15) is 5.10 Å². The minimum Gasteiger partial charge on any atom is -0.275 e. The van der Waals surface area contributed by atoms with Crippen molar-refractivity contribution in [3.8, 4) is 11.1 Å². The summed E-state index contributed by atoms with van der Waals surface area (Å²) in [6.07, 6.45) is 3.43. The molecule has 0 saturated heterocycles. The minimum absolute atomic E-state index is 0.250. The highest BCUT2D eigenvalue weighted by atomic mass is 79.9. The highest BCUT2D eigenvalue weighted by molar-refractivity contribution is 9.10. The van der Waals surface area contributed by atoms with Crippen molar-refractivity contribution in [1.29, 1.82) is 0 Å². The van der Waals surface area contributed by atoms with E-state index in [2.05, 4.69) is 21.0 Å². The number of hydrogen-bond acceptors (Lipinski definition) is 1. The van der Waals surface area contributed by atoms with Crippen molar-refractivity contribution in [1.82, 2.24) is 9.78 Å². The Labute approximate surface area is 89.5 Å². The molecular formula is C10H8BrFN2. The molecule has 0 fully saturated rings. The summed E-state index contributed by atoms with van der Waals surface area (Å²) in [5.41, 5.74) is 1.35. The number of aromatic nitrogens is 2. The molecule has 2 nitrogen and oxygen atoms in total. The molecule has 0 aliphatic heterocycles. The maximum absolute atomic E-state index is 13.6. The van der Waals surface area contributed by atoms with Gasteiger partial charge in [-0.1, -0.05) is 12.1 Å². The van der Waals surface area contributed by atoms with Gasteiger partial charge < -0.3 is 0 Å². The first-order chi connectivity index (χ1) is 6.68. The molecule has 0 spiro atoms. The number of aryl methyl sites for hydroxylation is 1. The van der Waals surface area contributed by atoms with Gasteiger partial charge in [-0.25, -0.2) is 4.39 Å². The van der Waals surface area contributed by atoms with Gasteiger partial charge in [0.1, 0.15) is 5.82 Å². The van der Waals surface area contributed by atoms with Gasteiger partial charge in [-0.3, -0.25) is 4.68 Å². The Morgan fingerprint density at radius 1 is 1.43 bits per heavy atom. The first kappa shape index (κ1) is 9.40. The van der Waals surface area contributed by atoms with E-state index in [4.69, 9.17) is 0 Å². The second-order valence-electron chi connectivity index (χ2n) is 3.00. The fraction of sp³-hybridized carbons (Fsp3) is 0.100. The van der Waals surface area contributed by atoms with Gasteiger partial charge in [-0.05, 0) is 22.0 Å². The molecule has 0 bridgehead atoms. The molecule has 0 radical (unpaired) electrons. The van der Waals surface area contributed by atoms with E-state index < -0.39 is 0 Å². The smallest absolute Gasteiger partial charge is 0.145 e. The molecule has 72 valence electrons. The van der Waals surface area contributed by atoms with Gasteiger partial charge >= 0.3 is 0 Å². The molecule has 1 heterocycles. The molecular weight excluding hydrogens is 247 g/mol. The first-order valence-corrected chi connectivity index (χ1v) is 4.91. The average molecular weight is 255 g/mol. The van der Waals surface area contributed by atoms with E-state index in [0.29, 0.717) is 10.0 Å². The number of benzene rings is 1. The number of halogens is 2. The maximum Gasteiger partial charge on any atom is 0.145 e. The van der Waals surface area contributed by atoms with E-state index >= 15 is 0 Å². The molecule has 0 amide bonds. The zero-order valence-electron chi connectivity index (χ0n) is 7.54. The topological polar surface area (TPSA) is 17.8 Å². The summed E-state index contributed by atoms with van der Waals surface area (Å²) >= 11 is 3.15. The van der Waals surface area contributed by atoms with Crippen LogP contribution in [0.2, 0.25) is 0 Å². The SMILES string of the molecule is Cn1cc(-c2cccc(Br)c2F)cn1. The van der Waals surface area contributed by atoms with Crippen molar-refractivity contribution >= 4 is 15.9 Å². The van der Waals surface area contributed by atoms with Crippen LogP contribution >= 0.6 is 15.9 Å². The lowest BCUT2D eigenvalue weighted by molar-refractivity contribution is 0.624. The summed E-state index contributed by atoms with van der Waals surface area (Å²) in [5.74, 6) is -0.250. The number of nitrogens with zero attached hydrogens (tertiary/aromatic N) is 2. The minimum atomic E-state index is -0.250. The fourth-order valence-corrected chi connectivity index (χ4v) is 1.65. The Morgan fingerprint density at radius 2 is 2.21 bits per heavy atom. The van der Waals surface area contributed by atoms with Crippen molar-refractivity contribution in [3.63, 3.8) is 0 Å². The standard InChI is InChI=1S/C10H8BrFN2/c1-14-6-7(5-13-14)8-3-2-4-9(11)10(8)12/h2-6H,1H3. The lowest BCUT2D eigenvalue weighted by atomic mass is 10.1. The molecule has 2 aromatic rings. The Bertz CT molecular complexity index is 465. The van der Waals surface area contributed by atoms with E-state index in [1.807, 2.05) is 0 Å². The van der Waals surface area contributed by atoms with E-state index in [1.165, 1.54) is 0 Å². The van der Waals surface area contributed by atoms with Crippen LogP contribution in [0.25, 0.3) is 11.1 Å². The molecule has 1 aromatic heterocycles. The van der Waals surface area contributed by atoms with Crippen molar-refractivity contribution in [3.05, 3.63) is 40.9 Å². The van der Waals surface area contributed by atoms with Crippen LogP contribution in [0.3, 0.4) is 0 Å². The van der Waals surface area contributed by atoms with Crippen LogP contribution in [0.4, 0.5) is 4.39 Å². The molecule has 0 N–H and O–H groups in total. The number of rotatable bonds is 1. The summed E-state index contributed by atoms with van der Waals surface area (Å²) in [5, 5.41) is 4.00. The second kappa shape index (κ2) is 3.53. The molecule has 0 unspecified atom stereocenters. The summed E-state index contributed by atoms with van der Waals surface area (Å²) in [6.45, 7) is 0. The van der Waals surface area contributed by atoms with Gasteiger partial charge in [0.2, 0.25) is 0 Å². The highest BCUT2D eigenvalue weighted by Crippen LogP contribution is 2.26. The zero-order valence-corrected chi connectivity index (χ0v) is 9.12. The second-order valence-corrected chi connectivity index (χ2v) is 3.86. The first-order valence-electron chi connectivity index (χ1n) is 4.11. The third-order valence-corrected chi connectivity index (χ3v) is 2.58. The van der Waals surface area contributed by atoms with E-state index in [1.54, 1.807) is 42.3 Å². The quantitative estimate of drug-likeness (QED) is 0.765. The Morgan fingerprint density at radius 3 is 2.86 bits per heavy atom. The van der Waals surface area contributed by atoms with Crippen LogP contribution < -0.4 is 0 Å². The van der Waals surface area contributed by atoms with Gasteiger partial charge in [0.05, 0.1) is 10.7 Å². The van der Waals surface area contributed by atoms with E-state index in [-0.39, 0.29) is 5.82 Å². The normalized spacial score (nSPS) is 10.5. The predicted molar refractivity (Wildman–Crippen MR) is 56.3 cm³/mol. The summed E-state index contributed by atoms with van der Waals surface area (Å²) < 4.78 is 15.7. The third kappa shape index (κ3) is 1.57. The highest BCUT2D eigenvalue weighted by Gasteiger charge is 2.08. The number of hydrogen-bond donors (Lipinski definition) is 0. The van der Waals surface area contributed by atoms with Crippen LogP contribution in [0, 0.1) is 5.82 Å². The van der Waals surface area contributed by atoms with Crippen molar-refractivity contribution in [2.45, 2.75) is 0 Å². The van der Waals surface area contributed by atoms with Crippen molar-refractivity contribution in [2.75, 3.05) is 0 Å². The lowest BCUT2D eigenvalue weighted by Gasteiger charge is -2.00. The van der Waals surface area contributed by atoms with Gasteiger partial charge in [-0.15, -0.1) is 0 Å². The average Bonchev–Trinajstić information content (AvgIpc) is 2.57. The summed E-state index contributed by atoms with van der Waals surface area (Å²) in [4.78, 5) is 0. The lowest BCUT2D eigenvalue weighted by Crippen LogP contribution is -1.85. The molecule has 0 aliphatic rings. The monoisotopic (exact) mass is 254 g/mol. The molecule has 1 aromatic carbocycles. The summed E-state index contributed by atoms with van der Waals surface area (Å²) in [7, 11) is 1.80. The van der Waals surface area contributed by atoms with Gasteiger partial charge in [0.15, 0.2) is 0 Å². The molecule has 0 aliphatic carbocycles. The maximum atomic E-state index is 13.6. The van der Waals surface area contributed by atoms with Crippen molar-refractivity contribution < 1.29 is 4.39 Å². The molecule has 2 rings (SSSR count). The summed E-state index contributed by atoms with van der Waals surface area (Å²) in [6, 6.07) is 5.21. The van der Waals surface area contributed by atoms with Gasteiger partial charge in [0, 0.05) is 24.4 Å². The van der Waals surface area contributed by atoms with Crippen LogP contribution in [0.5, 0.6) is 0 Å². The van der Waals surface area contributed by atoms with Crippen molar-refractivity contribution in [2.24, 2.45) is 7.05 Å². The Hall–Kier alpha value is -1.16. The van der Waals surface area contributed by atoms with E-state index in [9.17, 15) is 4.39 Å². The zero-order chi connectivity index (χ0) is 10.1. The largest absolute Gasteiger partial charge is 0.275 e. The fourth-order valence-electron chi connectivity index (χ4n) is 1.29. The van der Waals surface area contributed by atoms with Crippen LogP contribution in [0.15, 0.2) is 35.1 Å². The van der Waals surface area contributed by atoms with Crippen LogP contribution in [-0.4, -0.2) is 9.78 Å². The predicted octanol–water partition coefficient (Wildman–Crippen LogP) is 2.99. The van der Waals surface area contributed by atoms with Crippen LogP contribution in [-0.2, 0) is 7.05 Å². The molecule has 0 saturated carbocycles. The Kier molecular flexibility index (Phi) is 2.37. The molecule has 0 atom stereocenters. The third-order valence-electron chi connectivity index (χ3n) is 1.97. The molecule has 4 heteroatoms. The Balaban J connectivity index is 2.57. The van der Waals surface area contributed by atoms with Gasteiger partial charge in [0.25, 0.3) is 0 Å². The van der Waals surface area contributed by atoms with Crippen LogP contribution in [0.1, 0.15) is 0 Å².